The molecule has 0 bridgehead atoms. The Morgan fingerprint density at radius 3 is 2.20 bits per heavy atom. The first-order chi connectivity index (χ1) is 2.27. The molecule has 3 heteroatoms. The van der Waals surface area contributed by atoms with Crippen molar-refractivity contribution in [2.75, 3.05) is 0 Å². The van der Waals surface area contributed by atoms with Gasteiger partial charge in [0.25, 0.3) is 0 Å². The Bertz CT molecular complexity index is 55.9. The van der Waals surface area contributed by atoms with Gasteiger partial charge in [-0.25, -0.2) is 4.99 Å². The van der Waals surface area contributed by atoms with E-state index < -0.39 is 0 Å². The Hall–Kier alpha value is -0.860. The first-order valence-electron chi connectivity index (χ1n) is 1.08. The summed E-state index contributed by atoms with van der Waals surface area (Å²) in [5.41, 5.74) is 4.65. The summed E-state index contributed by atoms with van der Waals surface area (Å²) in [6, 6.07) is 0. The van der Waals surface area contributed by atoms with E-state index in [9.17, 15) is 0 Å². The van der Waals surface area contributed by atoms with Gasteiger partial charge in [-0.15, -0.1) is 0 Å². The largest absolute Gasteiger partial charge is 0.368 e. The lowest BCUT2D eigenvalue weighted by Crippen LogP contribution is -2.03. The molecule has 0 aliphatic heterocycles. The molecule has 28 valence electrons. The molecule has 0 fully saturated rings. The van der Waals surface area contributed by atoms with Crippen LogP contribution in [-0.2, 0) is 0 Å². The quantitative estimate of drug-likeness (QED) is 0.295. The second kappa shape index (κ2) is 1.46. The molecule has 5 heavy (non-hydrogen) atoms. The van der Waals surface area contributed by atoms with Crippen LogP contribution >= 0.6 is 0 Å². The van der Waals surface area contributed by atoms with Gasteiger partial charge in [-0.2, -0.15) is 0 Å². The first-order valence-corrected chi connectivity index (χ1v) is 1.08. The van der Waals surface area contributed by atoms with E-state index in [4.69, 9.17) is 5.41 Å². The van der Waals surface area contributed by atoms with Crippen LogP contribution in [0.3, 0.4) is 0 Å². The third kappa shape index (κ3) is 3.14. The molecule has 0 heterocycles. The topological polar surface area (TPSA) is 62.2 Å². The number of aliphatic imine (C=N–C) groups is 1. The van der Waals surface area contributed by atoms with Gasteiger partial charge < -0.3 is 5.73 Å². The van der Waals surface area contributed by atoms with Crippen molar-refractivity contribution in [1.29, 1.82) is 5.41 Å². The fraction of sp³-hybridized carbons (Fsp3) is 0. The lowest BCUT2D eigenvalue weighted by molar-refractivity contribution is 1.39. The van der Waals surface area contributed by atoms with E-state index >= 15 is 0 Å². The van der Waals surface area contributed by atoms with E-state index in [-0.39, 0.29) is 5.96 Å². The van der Waals surface area contributed by atoms with E-state index in [1.165, 1.54) is 0 Å². The number of hydrogen-bond acceptors (Lipinski definition) is 1. The minimum Gasteiger partial charge on any atom is -0.368 e. The Morgan fingerprint density at radius 2 is 2.20 bits per heavy atom. The number of hydrogen-bond donors (Lipinski definition) is 2. The summed E-state index contributed by atoms with van der Waals surface area (Å²) in [6.07, 6.45) is 0. The normalized spacial score (nSPS) is 6.40. The summed E-state index contributed by atoms with van der Waals surface area (Å²) in [7, 11) is 0. The molecular weight excluding hydrogens is 66.0 g/mol. The minimum atomic E-state index is -0.231. The Morgan fingerprint density at radius 1 is 2.00 bits per heavy atom. The third-order valence-corrected chi connectivity index (χ3v) is 0.170. The maximum atomic E-state index is 6.29. The zero-order valence-electron chi connectivity index (χ0n) is 2.73. The van der Waals surface area contributed by atoms with Crippen molar-refractivity contribution < 1.29 is 0 Å². The standard InChI is InChI=1S/C2H5N3/c1-5-2(3)4/h1H2,(H3,3,4). The average molecular weight is 71.1 g/mol. The second-order valence-electron chi connectivity index (χ2n) is 0.543. The van der Waals surface area contributed by atoms with Crippen LogP contribution in [0, 0.1) is 5.41 Å². The Balaban J connectivity index is 3.20. The maximum Gasteiger partial charge on any atom is 0.211 e. The predicted molar refractivity (Wildman–Crippen MR) is 21.5 cm³/mol. The molecular formula is C2H5N3. The molecule has 0 unspecified atom stereocenters. The molecule has 0 aromatic rings. The highest BCUT2D eigenvalue weighted by Crippen LogP contribution is 1.48. The smallest absolute Gasteiger partial charge is 0.211 e. The van der Waals surface area contributed by atoms with Gasteiger partial charge in [-0.1, -0.05) is 0 Å². The molecule has 0 spiro atoms. The van der Waals surface area contributed by atoms with E-state index in [1.54, 1.807) is 0 Å². The molecule has 0 aromatic carbocycles. The minimum absolute atomic E-state index is 0.231. The SMILES string of the molecule is C=NC(=N)N. The second-order valence-corrected chi connectivity index (χ2v) is 0.543. The van der Waals surface area contributed by atoms with Gasteiger partial charge in [0, 0.05) is 0 Å². The number of nitrogens with two attached hydrogens (primary N) is 1. The van der Waals surface area contributed by atoms with Gasteiger partial charge in [0.15, 0.2) is 0 Å². The Kier molecular flexibility index (Phi) is 1.21. The van der Waals surface area contributed by atoms with Crippen LogP contribution in [0.1, 0.15) is 0 Å². The highest BCUT2D eigenvalue weighted by molar-refractivity contribution is 5.78. The average Bonchev–Trinajstić information content (AvgIpc) is 1.38. The van der Waals surface area contributed by atoms with Crippen LogP contribution in [-0.4, -0.2) is 12.7 Å². The maximum absolute atomic E-state index is 6.29. The number of nitrogens with one attached hydrogen (secondary N) is 1. The molecule has 0 atom stereocenters. The van der Waals surface area contributed by atoms with Crippen molar-refractivity contribution in [2.24, 2.45) is 10.7 Å². The van der Waals surface area contributed by atoms with Gasteiger partial charge in [0.05, 0.1) is 0 Å². The lowest BCUT2D eigenvalue weighted by Gasteiger charge is -1.71. The van der Waals surface area contributed by atoms with Crippen LogP contribution in [0.5, 0.6) is 0 Å². The number of rotatable bonds is 0. The van der Waals surface area contributed by atoms with Crippen molar-refractivity contribution in [3.63, 3.8) is 0 Å². The van der Waals surface area contributed by atoms with Crippen LogP contribution in [0.25, 0.3) is 0 Å². The summed E-state index contributed by atoms with van der Waals surface area (Å²) < 4.78 is 0. The van der Waals surface area contributed by atoms with Crippen molar-refractivity contribution in [2.45, 2.75) is 0 Å². The van der Waals surface area contributed by atoms with Gasteiger partial charge in [0.2, 0.25) is 5.96 Å². The molecule has 0 aliphatic rings. The van der Waals surface area contributed by atoms with Crippen molar-refractivity contribution in [1.82, 2.24) is 0 Å². The Labute approximate surface area is 30.0 Å². The molecule has 0 aliphatic carbocycles. The number of guanidine groups is 1. The number of nitrogens with zero attached hydrogens (tertiary/aromatic N) is 1. The summed E-state index contributed by atoms with van der Waals surface area (Å²) in [6.45, 7) is 2.96. The molecule has 0 amide bonds. The zero-order valence-corrected chi connectivity index (χ0v) is 2.73. The summed E-state index contributed by atoms with van der Waals surface area (Å²) in [5.74, 6) is -0.231. The monoisotopic (exact) mass is 71.0 g/mol. The highest BCUT2D eigenvalue weighted by atomic mass is 14.9. The van der Waals surface area contributed by atoms with Crippen molar-refractivity contribution in [3.8, 4) is 0 Å². The molecule has 0 rings (SSSR count). The van der Waals surface area contributed by atoms with Gasteiger partial charge in [-0.05, 0) is 6.72 Å². The van der Waals surface area contributed by atoms with Crippen LogP contribution in [0.4, 0.5) is 0 Å². The molecule has 0 radical (unpaired) electrons. The third-order valence-electron chi connectivity index (χ3n) is 0.170. The van der Waals surface area contributed by atoms with Gasteiger partial charge in [0.1, 0.15) is 0 Å². The zero-order chi connectivity index (χ0) is 4.28. The summed E-state index contributed by atoms with van der Waals surface area (Å²) in [5, 5.41) is 6.29. The fourth-order valence-corrected chi connectivity index (χ4v) is 0. The van der Waals surface area contributed by atoms with Crippen LogP contribution in [0.15, 0.2) is 4.99 Å². The summed E-state index contributed by atoms with van der Waals surface area (Å²) in [4.78, 5) is 3.00. The first kappa shape index (κ1) is 4.14. The van der Waals surface area contributed by atoms with E-state index in [0.717, 1.165) is 0 Å². The molecule has 3 N–H and O–H groups in total. The molecule has 3 nitrogen and oxygen atoms in total. The summed E-state index contributed by atoms with van der Waals surface area (Å²) >= 11 is 0. The van der Waals surface area contributed by atoms with Gasteiger partial charge >= 0.3 is 0 Å². The van der Waals surface area contributed by atoms with E-state index in [1.807, 2.05) is 0 Å². The predicted octanol–water partition coefficient (Wildman–Crippen LogP) is -0.420. The molecule has 0 saturated carbocycles. The molecule has 0 saturated heterocycles. The highest BCUT2D eigenvalue weighted by Gasteiger charge is 1.63. The van der Waals surface area contributed by atoms with Crippen LogP contribution in [0.2, 0.25) is 0 Å². The van der Waals surface area contributed by atoms with Crippen molar-refractivity contribution in [3.05, 3.63) is 0 Å². The molecule has 0 aromatic heterocycles. The fourth-order valence-electron chi connectivity index (χ4n) is 0. The van der Waals surface area contributed by atoms with E-state index in [2.05, 4.69) is 17.4 Å². The lowest BCUT2D eigenvalue weighted by atomic mass is 11.1. The van der Waals surface area contributed by atoms with Crippen molar-refractivity contribution >= 4 is 12.7 Å². The van der Waals surface area contributed by atoms with Gasteiger partial charge in [-0.3, -0.25) is 5.41 Å². The van der Waals surface area contributed by atoms with E-state index in [0.29, 0.717) is 0 Å². The van der Waals surface area contributed by atoms with Crippen LogP contribution < -0.4 is 5.73 Å².